The maximum Gasteiger partial charge on any atom is 0.186 e. The number of aliphatic hydroxyl groups excluding tert-OH is 1. The van der Waals surface area contributed by atoms with Crippen LogP contribution < -0.4 is 0 Å². The first-order valence-electron chi connectivity index (χ1n) is 9.87. The number of methoxy groups -OCH3 is 1. The summed E-state index contributed by atoms with van der Waals surface area (Å²) >= 11 is 0. The van der Waals surface area contributed by atoms with Gasteiger partial charge >= 0.3 is 0 Å². The Morgan fingerprint density at radius 3 is 2.40 bits per heavy atom. The minimum Gasteiger partial charge on any atom is -0.396 e. The second-order valence-corrected chi connectivity index (χ2v) is 9.73. The van der Waals surface area contributed by atoms with Gasteiger partial charge in [0.05, 0.1) is 17.6 Å². The van der Waals surface area contributed by atoms with Gasteiger partial charge in [0.15, 0.2) is 22.4 Å². The summed E-state index contributed by atoms with van der Waals surface area (Å²) in [5.74, 6) is -0.741. The number of sulfone groups is 1. The van der Waals surface area contributed by atoms with Crippen molar-refractivity contribution in [2.45, 2.75) is 41.9 Å². The average molecular weight is 435 g/mol. The standard InChI is InChI=1S/C22H26O7S/c1-14-8-10-16(11-9-14)30(24,25)20-17(12-23)19-18(28-22(20)26-2)13-27-21(29-19)15-6-4-3-5-7-15/h3-11,17-23H,12-13H2,1-2H3/t17-,18+,19-,20+,21?,22+/m0/s1. The molecule has 2 aliphatic rings. The summed E-state index contributed by atoms with van der Waals surface area (Å²) in [7, 11) is -2.47. The molecule has 2 aliphatic heterocycles. The molecule has 0 aromatic heterocycles. The van der Waals surface area contributed by atoms with Crippen molar-refractivity contribution in [3.63, 3.8) is 0 Å². The van der Waals surface area contributed by atoms with Gasteiger partial charge in [0.2, 0.25) is 0 Å². The molecule has 162 valence electrons. The second kappa shape index (κ2) is 8.74. The second-order valence-electron chi connectivity index (χ2n) is 7.62. The molecule has 6 atom stereocenters. The van der Waals surface area contributed by atoms with E-state index in [0.29, 0.717) is 0 Å². The van der Waals surface area contributed by atoms with Gasteiger partial charge in [-0.15, -0.1) is 0 Å². The highest BCUT2D eigenvalue weighted by molar-refractivity contribution is 7.92. The lowest BCUT2D eigenvalue weighted by molar-refractivity contribution is -0.327. The number of hydrogen-bond donors (Lipinski definition) is 1. The number of ether oxygens (including phenoxy) is 4. The number of benzene rings is 2. The van der Waals surface area contributed by atoms with E-state index in [1.807, 2.05) is 37.3 Å². The number of fused-ring (bicyclic) bond motifs is 1. The molecular formula is C22H26O7S. The van der Waals surface area contributed by atoms with E-state index in [1.165, 1.54) is 7.11 Å². The van der Waals surface area contributed by atoms with Crippen LogP contribution in [0.25, 0.3) is 0 Å². The highest BCUT2D eigenvalue weighted by Gasteiger charge is 2.54. The fraction of sp³-hybridized carbons (Fsp3) is 0.455. The van der Waals surface area contributed by atoms with Gasteiger partial charge in [0.25, 0.3) is 0 Å². The maximum atomic E-state index is 13.5. The van der Waals surface area contributed by atoms with Gasteiger partial charge < -0.3 is 24.1 Å². The average Bonchev–Trinajstić information content (AvgIpc) is 2.78. The Hall–Kier alpha value is -1.81. The van der Waals surface area contributed by atoms with Gasteiger partial charge in [-0.1, -0.05) is 48.0 Å². The molecule has 0 aliphatic carbocycles. The molecule has 4 rings (SSSR count). The van der Waals surface area contributed by atoms with E-state index < -0.39 is 45.8 Å². The minimum atomic E-state index is -3.86. The number of hydrogen-bond acceptors (Lipinski definition) is 7. The summed E-state index contributed by atoms with van der Waals surface area (Å²) in [6, 6.07) is 16.0. The van der Waals surface area contributed by atoms with Crippen LogP contribution in [0.3, 0.4) is 0 Å². The molecule has 2 aromatic carbocycles. The maximum absolute atomic E-state index is 13.5. The molecule has 0 amide bonds. The summed E-state index contributed by atoms with van der Waals surface area (Å²) < 4.78 is 50.3. The van der Waals surface area contributed by atoms with Gasteiger partial charge in [0, 0.05) is 25.2 Å². The third-order valence-electron chi connectivity index (χ3n) is 5.70. The van der Waals surface area contributed by atoms with Crippen LogP contribution in [0.1, 0.15) is 17.4 Å². The predicted octanol–water partition coefficient (Wildman–Crippen LogP) is 2.23. The normalized spacial score (nSPS) is 31.8. The van der Waals surface area contributed by atoms with E-state index in [2.05, 4.69) is 0 Å². The Morgan fingerprint density at radius 2 is 1.77 bits per heavy atom. The molecule has 2 aromatic rings. The third-order valence-corrected chi connectivity index (χ3v) is 7.92. The molecular weight excluding hydrogens is 408 g/mol. The van der Waals surface area contributed by atoms with E-state index in [9.17, 15) is 13.5 Å². The van der Waals surface area contributed by atoms with Gasteiger partial charge in [-0.3, -0.25) is 0 Å². The van der Waals surface area contributed by atoms with Crippen molar-refractivity contribution in [3.8, 4) is 0 Å². The van der Waals surface area contributed by atoms with Crippen LogP contribution in [0.2, 0.25) is 0 Å². The molecule has 0 saturated carbocycles. The smallest absolute Gasteiger partial charge is 0.186 e. The Labute approximate surface area is 176 Å². The van der Waals surface area contributed by atoms with Crippen molar-refractivity contribution in [3.05, 3.63) is 65.7 Å². The molecule has 0 radical (unpaired) electrons. The van der Waals surface area contributed by atoms with E-state index >= 15 is 0 Å². The Kier molecular flexibility index (Phi) is 6.24. The summed E-state index contributed by atoms with van der Waals surface area (Å²) in [5, 5.41) is 9.11. The van der Waals surface area contributed by atoms with Crippen LogP contribution in [-0.2, 0) is 28.8 Å². The lowest BCUT2D eigenvalue weighted by Crippen LogP contribution is -2.62. The van der Waals surface area contributed by atoms with Crippen LogP contribution in [0, 0.1) is 12.8 Å². The summed E-state index contributed by atoms with van der Waals surface area (Å²) in [4.78, 5) is 0.160. The Morgan fingerprint density at radius 1 is 1.07 bits per heavy atom. The summed E-state index contributed by atoms with van der Waals surface area (Å²) in [5.41, 5.74) is 1.77. The lowest BCUT2D eigenvalue weighted by atomic mass is 9.90. The molecule has 8 heteroatoms. The largest absolute Gasteiger partial charge is 0.396 e. The van der Waals surface area contributed by atoms with Gasteiger partial charge in [-0.05, 0) is 19.1 Å². The first-order chi connectivity index (χ1) is 14.5. The number of aliphatic hydroxyl groups is 1. The van der Waals surface area contributed by atoms with E-state index in [0.717, 1.165) is 11.1 Å². The topological polar surface area (TPSA) is 91.3 Å². The zero-order chi connectivity index (χ0) is 21.3. The van der Waals surface area contributed by atoms with Crippen LogP contribution in [0.5, 0.6) is 0 Å². The van der Waals surface area contributed by atoms with Crippen molar-refractivity contribution in [2.75, 3.05) is 20.3 Å². The van der Waals surface area contributed by atoms with Crippen molar-refractivity contribution >= 4 is 9.84 Å². The van der Waals surface area contributed by atoms with Crippen molar-refractivity contribution < 1.29 is 32.5 Å². The fourth-order valence-electron chi connectivity index (χ4n) is 4.12. The molecule has 30 heavy (non-hydrogen) atoms. The van der Waals surface area contributed by atoms with Crippen LogP contribution >= 0.6 is 0 Å². The monoisotopic (exact) mass is 434 g/mol. The molecule has 1 unspecified atom stereocenters. The summed E-state index contributed by atoms with van der Waals surface area (Å²) in [6.07, 6.45) is -2.91. The van der Waals surface area contributed by atoms with E-state index in [-0.39, 0.29) is 18.1 Å². The quantitative estimate of drug-likeness (QED) is 0.772. The van der Waals surface area contributed by atoms with Crippen molar-refractivity contribution in [1.29, 1.82) is 0 Å². The van der Waals surface area contributed by atoms with E-state index in [4.69, 9.17) is 18.9 Å². The summed E-state index contributed by atoms with van der Waals surface area (Å²) in [6.45, 7) is 1.71. The number of aryl methyl sites for hydroxylation is 1. The van der Waals surface area contributed by atoms with Gasteiger partial charge in [-0.25, -0.2) is 8.42 Å². The highest BCUT2D eigenvalue weighted by Crippen LogP contribution is 2.40. The zero-order valence-corrected chi connectivity index (χ0v) is 17.7. The predicted molar refractivity (Wildman–Crippen MR) is 108 cm³/mol. The zero-order valence-electron chi connectivity index (χ0n) is 16.9. The van der Waals surface area contributed by atoms with Crippen molar-refractivity contribution in [1.82, 2.24) is 0 Å². The molecule has 0 bridgehead atoms. The van der Waals surface area contributed by atoms with Gasteiger partial charge in [-0.2, -0.15) is 0 Å². The molecule has 7 nitrogen and oxygen atoms in total. The fourth-order valence-corrected chi connectivity index (χ4v) is 6.12. The number of rotatable bonds is 5. The van der Waals surface area contributed by atoms with Crippen molar-refractivity contribution in [2.24, 2.45) is 5.92 Å². The lowest BCUT2D eigenvalue weighted by Gasteiger charge is -2.48. The first-order valence-corrected chi connectivity index (χ1v) is 11.4. The highest BCUT2D eigenvalue weighted by atomic mass is 32.2. The molecule has 2 fully saturated rings. The van der Waals surface area contributed by atoms with E-state index in [1.54, 1.807) is 24.3 Å². The Bertz CT molecular complexity index is 945. The van der Waals surface area contributed by atoms with Gasteiger partial charge in [0.1, 0.15) is 11.4 Å². The molecule has 1 N–H and O–H groups in total. The third kappa shape index (κ3) is 3.91. The Balaban J connectivity index is 1.67. The first kappa shape index (κ1) is 21.4. The SMILES string of the molecule is CO[C@@H]1O[C@@H]2COC(c3ccccc3)O[C@H]2[C@H](CO)[C@H]1S(=O)(=O)c1ccc(C)cc1. The van der Waals surface area contributed by atoms with Crippen LogP contribution in [-0.4, -0.2) is 57.6 Å². The molecule has 2 saturated heterocycles. The molecule has 2 heterocycles. The minimum absolute atomic E-state index is 0.160. The van der Waals surface area contributed by atoms with Crippen LogP contribution in [0.4, 0.5) is 0 Å². The van der Waals surface area contributed by atoms with Crippen LogP contribution in [0.15, 0.2) is 59.5 Å². The molecule has 0 spiro atoms.